The summed E-state index contributed by atoms with van der Waals surface area (Å²) in [4.78, 5) is 28.9. The number of benzene rings is 2. The second-order valence-corrected chi connectivity index (χ2v) is 9.12. The number of rotatable bonds is 10. The van der Waals surface area contributed by atoms with E-state index in [2.05, 4.69) is 29.5 Å². The highest BCUT2D eigenvalue weighted by Gasteiger charge is 2.32. The Bertz CT molecular complexity index is 1260. The Morgan fingerprint density at radius 1 is 1.06 bits per heavy atom. The zero-order valence-corrected chi connectivity index (χ0v) is 20.3. The topological polar surface area (TPSA) is 93.3 Å². The van der Waals surface area contributed by atoms with Gasteiger partial charge in [0, 0.05) is 6.54 Å². The van der Waals surface area contributed by atoms with Gasteiger partial charge in [-0.1, -0.05) is 61.0 Å². The number of carbonyl (C=O) groups excluding carboxylic acids is 2. The molecule has 0 aliphatic heterocycles. The lowest BCUT2D eigenvalue weighted by molar-refractivity contribution is -0.142. The van der Waals surface area contributed by atoms with Crippen LogP contribution >= 0.6 is 0 Å². The Morgan fingerprint density at radius 2 is 1.83 bits per heavy atom. The molecule has 0 aliphatic rings. The number of nitrogens with zero attached hydrogens (tertiary/aromatic N) is 4. The standard InChI is InChI=1S/C27H31N5O3/c1-19(2)14-15-28-27(34)26(21-12-10-20(3)11-13-21)31(17-22-7-6-16-35-22)25(33)18-32-24-9-5-4-8-23(24)29-30-32/h4-13,16,19,26H,14-15,17-18H2,1-3H3,(H,28,34)/t26-/m0/s1. The lowest BCUT2D eigenvalue weighted by atomic mass is 10.0. The molecule has 0 unspecified atom stereocenters. The molecule has 4 aromatic rings. The maximum Gasteiger partial charge on any atom is 0.247 e. The molecular weight excluding hydrogens is 442 g/mol. The van der Waals surface area contributed by atoms with Crippen LogP contribution in [-0.4, -0.2) is 38.3 Å². The maximum atomic E-state index is 13.8. The van der Waals surface area contributed by atoms with Gasteiger partial charge >= 0.3 is 0 Å². The number of para-hydroxylation sites is 1. The van der Waals surface area contributed by atoms with E-state index < -0.39 is 6.04 Å². The molecule has 0 spiro atoms. The molecule has 8 heteroatoms. The summed E-state index contributed by atoms with van der Waals surface area (Å²) in [7, 11) is 0. The van der Waals surface area contributed by atoms with Gasteiger partial charge < -0.3 is 14.6 Å². The van der Waals surface area contributed by atoms with E-state index in [-0.39, 0.29) is 24.9 Å². The van der Waals surface area contributed by atoms with Crippen LogP contribution in [0.5, 0.6) is 0 Å². The van der Waals surface area contributed by atoms with E-state index in [1.54, 1.807) is 28.0 Å². The molecule has 2 aromatic heterocycles. The van der Waals surface area contributed by atoms with Gasteiger partial charge in [-0.05, 0) is 49.1 Å². The quantitative estimate of drug-likeness (QED) is 0.371. The maximum absolute atomic E-state index is 13.8. The largest absolute Gasteiger partial charge is 0.467 e. The van der Waals surface area contributed by atoms with E-state index in [4.69, 9.17) is 4.42 Å². The van der Waals surface area contributed by atoms with E-state index in [1.807, 2.05) is 55.5 Å². The van der Waals surface area contributed by atoms with Crippen molar-refractivity contribution in [2.45, 2.75) is 46.3 Å². The third kappa shape index (κ3) is 5.95. The van der Waals surface area contributed by atoms with Crippen LogP contribution in [0.2, 0.25) is 0 Å². The van der Waals surface area contributed by atoms with Gasteiger partial charge in [-0.3, -0.25) is 9.59 Å². The van der Waals surface area contributed by atoms with Crippen molar-refractivity contribution < 1.29 is 14.0 Å². The Labute approximate surface area is 204 Å². The SMILES string of the molecule is Cc1ccc([C@@H](C(=O)NCCC(C)C)N(Cc2ccco2)C(=O)Cn2nnc3ccccc32)cc1. The first-order chi connectivity index (χ1) is 16.9. The smallest absolute Gasteiger partial charge is 0.247 e. The molecule has 4 rings (SSSR count). The molecule has 0 radical (unpaired) electrons. The molecule has 2 aromatic carbocycles. The molecular formula is C27H31N5O3. The number of furan rings is 1. The summed E-state index contributed by atoms with van der Waals surface area (Å²) < 4.78 is 7.12. The van der Waals surface area contributed by atoms with Crippen LogP contribution in [0.4, 0.5) is 0 Å². The van der Waals surface area contributed by atoms with Gasteiger partial charge in [0.2, 0.25) is 11.8 Å². The van der Waals surface area contributed by atoms with Gasteiger partial charge in [-0.2, -0.15) is 0 Å². The van der Waals surface area contributed by atoms with Crippen LogP contribution in [0.1, 0.15) is 43.2 Å². The summed E-state index contributed by atoms with van der Waals surface area (Å²) in [6, 6.07) is 17.9. The number of carbonyl (C=O) groups is 2. The molecule has 0 aliphatic carbocycles. The fraction of sp³-hybridized carbons (Fsp3) is 0.333. The van der Waals surface area contributed by atoms with Gasteiger partial charge in [0.25, 0.3) is 0 Å². The molecule has 0 saturated heterocycles. The second kappa shape index (κ2) is 11.0. The first kappa shape index (κ1) is 24.2. The first-order valence-corrected chi connectivity index (χ1v) is 11.9. The van der Waals surface area contributed by atoms with Gasteiger partial charge in [0.1, 0.15) is 23.9 Å². The average molecular weight is 474 g/mol. The number of hydrogen-bond donors (Lipinski definition) is 1. The predicted molar refractivity (Wildman–Crippen MR) is 133 cm³/mol. The molecule has 0 saturated carbocycles. The fourth-order valence-corrected chi connectivity index (χ4v) is 3.95. The third-order valence-electron chi connectivity index (χ3n) is 5.91. The number of aryl methyl sites for hydroxylation is 1. The molecule has 0 bridgehead atoms. The van der Waals surface area contributed by atoms with Crippen molar-refractivity contribution in [3.63, 3.8) is 0 Å². The Hall–Kier alpha value is -3.94. The van der Waals surface area contributed by atoms with Gasteiger partial charge in [-0.15, -0.1) is 5.10 Å². The highest BCUT2D eigenvalue weighted by Crippen LogP contribution is 2.25. The molecule has 182 valence electrons. The van der Waals surface area contributed by atoms with Crippen molar-refractivity contribution >= 4 is 22.8 Å². The second-order valence-electron chi connectivity index (χ2n) is 9.12. The Balaban J connectivity index is 1.68. The van der Waals surface area contributed by atoms with Crippen molar-refractivity contribution in [2.75, 3.05) is 6.54 Å². The van der Waals surface area contributed by atoms with E-state index in [1.165, 1.54) is 0 Å². The van der Waals surface area contributed by atoms with Gasteiger partial charge in [0.15, 0.2) is 0 Å². The molecule has 8 nitrogen and oxygen atoms in total. The molecule has 35 heavy (non-hydrogen) atoms. The monoisotopic (exact) mass is 473 g/mol. The van der Waals surface area contributed by atoms with E-state index in [0.29, 0.717) is 23.7 Å². The van der Waals surface area contributed by atoms with Crippen LogP contribution in [0.3, 0.4) is 0 Å². The van der Waals surface area contributed by atoms with Crippen LogP contribution in [-0.2, 0) is 22.7 Å². The zero-order chi connectivity index (χ0) is 24.8. The lowest BCUT2D eigenvalue weighted by Gasteiger charge is -2.31. The van der Waals surface area contributed by atoms with Crippen LogP contribution in [0.15, 0.2) is 71.3 Å². The molecule has 2 amide bonds. The average Bonchev–Trinajstić information content (AvgIpc) is 3.50. The van der Waals surface area contributed by atoms with Crippen molar-refractivity contribution in [1.82, 2.24) is 25.2 Å². The van der Waals surface area contributed by atoms with Crippen LogP contribution in [0, 0.1) is 12.8 Å². The summed E-state index contributed by atoms with van der Waals surface area (Å²) in [5, 5.41) is 11.4. The number of hydrogen-bond acceptors (Lipinski definition) is 5. The summed E-state index contributed by atoms with van der Waals surface area (Å²) >= 11 is 0. The highest BCUT2D eigenvalue weighted by atomic mass is 16.3. The minimum Gasteiger partial charge on any atom is -0.467 e. The number of amides is 2. The zero-order valence-electron chi connectivity index (χ0n) is 20.3. The fourth-order valence-electron chi connectivity index (χ4n) is 3.95. The third-order valence-corrected chi connectivity index (χ3v) is 5.91. The molecule has 1 N–H and O–H groups in total. The van der Waals surface area contributed by atoms with Crippen molar-refractivity contribution in [3.05, 3.63) is 83.8 Å². The molecule has 1 atom stereocenters. The van der Waals surface area contributed by atoms with Gasteiger partial charge in [-0.25, -0.2) is 4.68 Å². The van der Waals surface area contributed by atoms with E-state index >= 15 is 0 Å². The summed E-state index contributed by atoms with van der Waals surface area (Å²) in [5.74, 6) is 0.558. The Kier molecular flexibility index (Phi) is 7.60. The van der Waals surface area contributed by atoms with E-state index in [0.717, 1.165) is 23.1 Å². The van der Waals surface area contributed by atoms with Gasteiger partial charge in [0.05, 0.1) is 18.3 Å². The molecule has 0 fully saturated rings. The summed E-state index contributed by atoms with van der Waals surface area (Å²) in [6.45, 7) is 6.84. The highest BCUT2D eigenvalue weighted by molar-refractivity contribution is 5.89. The van der Waals surface area contributed by atoms with Crippen molar-refractivity contribution in [1.29, 1.82) is 0 Å². The van der Waals surface area contributed by atoms with E-state index in [9.17, 15) is 9.59 Å². The molecule has 2 heterocycles. The lowest BCUT2D eigenvalue weighted by Crippen LogP contribution is -2.45. The normalized spacial score (nSPS) is 12.1. The number of aromatic nitrogens is 3. The summed E-state index contributed by atoms with van der Waals surface area (Å²) in [5.41, 5.74) is 3.28. The number of fused-ring (bicyclic) bond motifs is 1. The Morgan fingerprint density at radius 3 is 2.54 bits per heavy atom. The predicted octanol–water partition coefficient (Wildman–Crippen LogP) is 4.27. The first-order valence-electron chi connectivity index (χ1n) is 11.9. The number of nitrogens with one attached hydrogen (secondary N) is 1. The minimum absolute atomic E-state index is 0.0527. The van der Waals surface area contributed by atoms with Crippen molar-refractivity contribution in [2.24, 2.45) is 5.92 Å². The van der Waals surface area contributed by atoms with Crippen molar-refractivity contribution in [3.8, 4) is 0 Å². The van der Waals surface area contributed by atoms with Crippen LogP contribution < -0.4 is 5.32 Å². The minimum atomic E-state index is -0.824. The summed E-state index contributed by atoms with van der Waals surface area (Å²) in [6.07, 6.45) is 2.41. The van der Waals surface area contributed by atoms with Crippen LogP contribution in [0.25, 0.3) is 11.0 Å².